The number of ketones is 1. The van der Waals surface area contributed by atoms with Crippen LogP contribution in [0.3, 0.4) is 0 Å². The summed E-state index contributed by atoms with van der Waals surface area (Å²) in [7, 11) is -0.994. The Morgan fingerprint density at radius 1 is 1.00 bits per heavy atom. The van der Waals surface area contributed by atoms with Crippen LogP contribution in [0.15, 0.2) is 46.1 Å². The number of aromatic nitrogens is 2. The molecule has 136 valence electrons. The molecular formula is C18H18N2O5S. The molecule has 0 aliphatic rings. The number of nitrogens with zero attached hydrogens (tertiary/aromatic N) is 2. The summed E-state index contributed by atoms with van der Waals surface area (Å²) in [4.78, 5) is 23.7. The van der Waals surface area contributed by atoms with Gasteiger partial charge in [-0.25, -0.2) is 4.79 Å². The summed E-state index contributed by atoms with van der Waals surface area (Å²) in [6.45, 7) is 3.15. The van der Waals surface area contributed by atoms with Gasteiger partial charge in [0.1, 0.15) is 4.90 Å². The van der Waals surface area contributed by atoms with Crippen LogP contribution in [0.5, 0.6) is 5.75 Å². The van der Waals surface area contributed by atoms with E-state index >= 15 is 0 Å². The maximum atomic E-state index is 12.7. The molecule has 0 saturated carbocycles. The molecule has 3 aromatic rings. The fourth-order valence-electron chi connectivity index (χ4n) is 2.80. The normalized spacial score (nSPS) is 11.7. The fourth-order valence-corrected chi connectivity index (χ4v) is 3.77. The van der Waals surface area contributed by atoms with Crippen molar-refractivity contribution in [2.45, 2.75) is 18.7 Å². The molecule has 0 fully saturated rings. The molecule has 1 heterocycles. The SMILES string of the molecule is CC(=O)c1cc(C)ccc1OS(=O)(=O)c1ccc2c(c1)n(C)c(=O)n2C. The molecule has 1 aromatic heterocycles. The van der Waals surface area contributed by atoms with E-state index in [1.807, 2.05) is 0 Å². The number of rotatable bonds is 4. The van der Waals surface area contributed by atoms with Crippen molar-refractivity contribution >= 4 is 26.9 Å². The first kappa shape index (κ1) is 17.9. The van der Waals surface area contributed by atoms with Gasteiger partial charge in [0.15, 0.2) is 11.5 Å². The van der Waals surface area contributed by atoms with Crippen LogP contribution >= 0.6 is 0 Å². The van der Waals surface area contributed by atoms with E-state index in [-0.39, 0.29) is 27.7 Å². The highest BCUT2D eigenvalue weighted by molar-refractivity contribution is 7.87. The van der Waals surface area contributed by atoms with Gasteiger partial charge in [-0.2, -0.15) is 8.42 Å². The lowest BCUT2D eigenvalue weighted by Crippen LogP contribution is -2.19. The van der Waals surface area contributed by atoms with Gasteiger partial charge in [0.2, 0.25) is 0 Å². The minimum atomic E-state index is -4.17. The van der Waals surface area contributed by atoms with Crippen LogP contribution in [0.1, 0.15) is 22.8 Å². The Kier molecular flexibility index (Phi) is 4.23. The van der Waals surface area contributed by atoms with Gasteiger partial charge < -0.3 is 4.18 Å². The molecule has 2 aromatic carbocycles. The number of hydrogen-bond acceptors (Lipinski definition) is 5. The smallest absolute Gasteiger partial charge is 0.339 e. The summed E-state index contributed by atoms with van der Waals surface area (Å²) in [5.74, 6) is -0.315. The number of imidazole rings is 1. The van der Waals surface area contributed by atoms with Crippen molar-refractivity contribution in [3.05, 3.63) is 58.0 Å². The quantitative estimate of drug-likeness (QED) is 0.516. The predicted molar refractivity (Wildman–Crippen MR) is 97.2 cm³/mol. The standard InChI is InChI=1S/C18H18N2O5S/c1-11-5-8-17(14(9-11)12(2)21)25-26(23,24)13-6-7-15-16(10-13)20(4)18(22)19(15)3/h5-10H,1-4H3. The Balaban J connectivity index is 2.10. The zero-order valence-corrected chi connectivity index (χ0v) is 15.6. The van der Waals surface area contributed by atoms with Gasteiger partial charge >= 0.3 is 15.8 Å². The van der Waals surface area contributed by atoms with Gasteiger partial charge in [0, 0.05) is 14.1 Å². The summed E-state index contributed by atoms with van der Waals surface area (Å²) < 4.78 is 33.4. The van der Waals surface area contributed by atoms with Crippen LogP contribution in [0.25, 0.3) is 11.0 Å². The van der Waals surface area contributed by atoms with E-state index < -0.39 is 10.1 Å². The Hall–Kier alpha value is -2.87. The number of aryl methyl sites for hydroxylation is 3. The van der Waals surface area contributed by atoms with Gasteiger partial charge in [0.25, 0.3) is 0 Å². The lowest BCUT2D eigenvalue weighted by Gasteiger charge is -2.11. The van der Waals surface area contributed by atoms with E-state index in [1.165, 1.54) is 34.3 Å². The van der Waals surface area contributed by atoms with Crippen molar-refractivity contribution in [1.82, 2.24) is 9.13 Å². The van der Waals surface area contributed by atoms with E-state index in [9.17, 15) is 18.0 Å². The molecule has 3 rings (SSSR count). The topological polar surface area (TPSA) is 87.4 Å². The summed E-state index contributed by atoms with van der Waals surface area (Å²) >= 11 is 0. The van der Waals surface area contributed by atoms with Gasteiger partial charge in [0.05, 0.1) is 16.6 Å². The van der Waals surface area contributed by atoms with E-state index in [4.69, 9.17) is 4.18 Å². The average Bonchev–Trinajstić information content (AvgIpc) is 2.80. The molecule has 0 saturated heterocycles. The van der Waals surface area contributed by atoms with Crippen molar-refractivity contribution in [1.29, 1.82) is 0 Å². The molecule has 7 nitrogen and oxygen atoms in total. The molecule has 26 heavy (non-hydrogen) atoms. The summed E-state index contributed by atoms with van der Waals surface area (Å²) in [6.07, 6.45) is 0. The zero-order valence-electron chi connectivity index (χ0n) is 14.8. The number of carbonyl (C=O) groups is 1. The van der Waals surface area contributed by atoms with Crippen molar-refractivity contribution in [2.24, 2.45) is 14.1 Å². The van der Waals surface area contributed by atoms with Crippen LogP contribution in [-0.2, 0) is 24.2 Å². The third-order valence-electron chi connectivity index (χ3n) is 4.25. The van der Waals surface area contributed by atoms with Crippen molar-refractivity contribution in [3.63, 3.8) is 0 Å². The van der Waals surface area contributed by atoms with Crippen LogP contribution in [0.4, 0.5) is 0 Å². The predicted octanol–water partition coefficient (Wildman–Crippen LogP) is 2.16. The molecule has 0 unspecified atom stereocenters. The zero-order chi connectivity index (χ0) is 19.2. The minimum absolute atomic E-state index is 0.0230. The first-order valence-electron chi connectivity index (χ1n) is 7.83. The van der Waals surface area contributed by atoms with Crippen molar-refractivity contribution < 1.29 is 17.4 Å². The van der Waals surface area contributed by atoms with E-state index in [0.29, 0.717) is 11.0 Å². The summed E-state index contributed by atoms with van der Waals surface area (Å²) in [5, 5.41) is 0. The highest BCUT2D eigenvalue weighted by Gasteiger charge is 2.22. The molecule has 0 radical (unpaired) electrons. The molecule has 0 amide bonds. The minimum Gasteiger partial charge on any atom is -0.378 e. The Morgan fingerprint density at radius 2 is 1.65 bits per heavy atom. The molecule has 0 bridgehead atoms. The number of benzene rings is 2. The van der Waals surface area contributed by atoms with E-state index in [1.54, 1.807) is 39.2 Å². The molecule has 8 heteroatoms. The number of Topliss-reactive ketones (excluding diaryl/α,β-unsaturated/α-hetero) is 1. The third-order valence-corrected chi connectivity index (χ3v) is 5.48. The largest absolute Gasteiger partial charge is 0.378 e. The molecule has 0 aliphatic heterocycles. The molecular weight excluding hydrogens is 356 g/mol. The maximum absolute atomic E-state index is 12.7. The Bertz CT molecular complexity index is 1200. The van der Waals surface area contributed by atoms with Crippen molar-refractivity contribution in [2.75, 3.05) is 0 Å². The van der Waals surface area contributed by atoms with Gasteiger partial charge in [-0.1, -0.05) is 11.6 Å². The molecule has 0 N–H and O–H groups in total. The van der Waals surface area contributed by atoms with Gasteiger partial charge in [-0.3, -0.25) is 13.9 Å². The van der Waals surface area contributed by atoms with E-state index in [2.05, 4.69) is 0 Å². The maximum Gasteiger partial charge on any atom is 0.339 e. The highest BCUT2D eigenvalue weighted by atomic mass is 32.2. The van der Waals surface area contributed by atoms with Crippen LogP contribution < -0.4 is 9.87 Å². The monoisotopic (exact) mass is 374 g/mol. The van der Waals surface area contributed by atoms with Crippen LogP contribution in [-0.4, -0.2) is 23.3 Å². The Labute approximate surface area is 150 Å². The third kappa shape index (κ3) is 2.92. The molecule has 0 spiro atoms. The second-order valence-corrected chi connectivity index (χ2v) is 7.69. The van der Waals surface area contributed by atoms with Crippen LogP contribution in [0, 0.1) is 6.92 Å². The highest BCUT2D eigenvalue weighted by Crippen LogP contribution is 2.26. The first-order chi connectivity index (χ1) is 12.1. The molecule has 0 aliphatic carbocycles. The number of carbonyl (C=O) groups excluding carboxylic acids is 1. The lowest BCUT2D eigenvalue weighted by molar-refractivity contribution is 0.101. The second-order valence-electron chi connectivity index (χ2n) is 6.14. The molecule has 0 atom stereocenters. The summed E-state index contributed by atoms with van der Waals surface area (Å²) in [5.41, 5.74) is 1.84. The first-order valence-corrected chi connectivity index (χ1v) is 9.24. The summed E-state index contributed by atoms with van der Waals surface area (Å²) in [6, 6.07) is 9.01. The second kappa shape index (κ2) is 6.14. The average molecular weight is 374 g/mol. The lowest BCUT2D eigenvalue weighted by atomic mass is 10.1. The number of hydrogen-bond donors (Lipinski definition) is 0. The van der Waals surface area contributed by atoms with E-state index in [0.717, 1.165) is 5.56 Å². The van der Waals surface area contributed by atoms with Crippen LogP contribution in [0.2, 0.25) is 0 Å². The van der Waals surface area contributed by atoms with Gasteiger partial charge in [-0.05, 0) is 44.2 Å². The Morgan fingerprint density at radius 3 is 2.31 bits per heavy atom. The van der Waals surface area contributed by atoms with Gasteiger partial charge in [-0.15, -0.1) is 0 Å². The van der Waals surface area contributed by atoms with Crippen molar-refractivity contribution in [3.8, 4) is 5.75 Å². The fraction of sp³-hybridized carbons (Fsp3) is 0.222. The number of fused-ring (bicyclic) bond motifs is 1.